The molecule has 4 rings (SSSR count). The molecule has 3 aromatic rings. The Morgan fingerprint density at radius 1 is 1.00 bits per heavy atom. The standard InChI is InChI=1S/C25H26N4O3/c1-16-8-9-18(15-21(16)23-20(24(27)30)6-3-7-22(23)26)28-25(31)17-4-2-5-19(14-17)29-10-12-32-13-11-29/h2-9,14-15H,10-13,26H2,1H3,(H2,27,30)(H,28,31). The summed E-state index contributed by atoms with van der Waals surface area (Å²) in [4.78, 5) is 27.1. The molecule has 0 aromatic heterocycles. The van der Waals surface area contributed by atoms with E-state index in [1.54, 1.807) is 24.3 Å². The summed E-state index contributed by atoms with van der Waals surface area (Å²) in [6, 6.07) is 18.1. The van der Waals surface area contributed by atoms with Crippen LogP contribution in [0.25, 0.3) is 11.1 Å². The number of morpholine rings is 1. The van der Waals surface area contributed by atoms with Gasteiger partial charge in [-0.25, -0.2) is 0 Å². The number of rotatable bonds is 5. The Bertz CT molecular complexity index is 1170. The lowest BCUT2D eigenvalue weighted by Gasteiger charge is -2.29. The van der Waals surface area contributed by atoms with E-state index in [1.807, 2.05) is 43.3 Å². The van der Waals surface area contributed by atoms with Crippen LogP contribution in [0.15, 0.2) is 60.7 Å². The molecule has 0 spiro atoms. The topological polar surface area (TPSA) is 111 Å². The summed E-state index contributed by atoms with van der Waals surface area (Å²) in [6.45, 7) is 4.88. The lowest BCUT2D eigenvalue weighted by molar-refractivity contribution is 0.0998. The first-order valence-electron chi connectivity index (χ1n) is 10.5. The van der Waals surface area contributed by atoms with Gasteiger partial charge in [-0.3, -0.25) is 9.59 Å². The average Bonchev–Trinajstić information content (AvgIpc) is 2.81. The van der Waals surface area contributed by atoms with E-state index in [-0.39, 0.29) is 5.91 Å². The molecule has 3 aromatic carbocycles. The highest BCUT2D eigenvalue weighted by Crippen LogP contribution is 2.34. The number of benzene rings is 3. The molecule has 1 saturated heterocycles. The minimum absolute atomic E-state index is 0.217. The summed E-state index contributed by atoms with van der Waals surface area (Å²) >= 11 is 0. The van der Waals surface area contributed by atoms with Crippen molar-refractivity contribution >= 4 is 28.9 Å². The predicted molar refractivity (Wildman–Crippen MR) is 127 cm³/mol. The minimum atomic E-state index is -0.555. The summed E-state index contributed by atoms with van der Waals surface area (Å²) in [5.41, 5.74) is 16.9. The third kappa shape index (κ3) is 4.43. The van der Waals surface area contributed by atoms with Crippen molar-refractivity contribution in [3.05, 3.63) is 77.4 Å². The number of hydrogen-bond acceptors (Lipinski definition) is 5. The third-order valence-corrected chi connectivity index (χ3v) is 5.61. The van der Waals surface area contributed by atoms with Crippen LogP contribution < -0.4 is 21.7 Å². The molecule has 2 amide bonds. The molecule has 0 radical (unpaired) electrons. The summed E-state index contributed by atoms with van der Waals surface area (Å²) < 4.78 is 5.41. The SMILES string of the molecule is Cc1ccc(NC(=O)c2cccc(N3CCOCC3)c2)cc1-c1c(N)cccc1C(N)=O. The zero-order valence-electron chi connectivity index (χ0n) is 17.9. The number of carbonyl (C=O) groups excluding carboxylic acids is 2. The monoisotopic (exact) mass is 430 g/mol. The van der Waals surface area contributed by atoms with Crippen molar-refractivity contribution in [3.8, 4) is 11.1 Å². The smallest absolute Gasteiger partial charge is 0.255 e. The van der Waals surface area contributed by atoms with Crippen LogP contribution in [0.5, 0.6) is 0 Å². The first kappa shape index (κ1) is 21.4. The predicted octanol–water partition coefficient (Wildman–Crippen LogP) is 3.43. The molecule has 32 heavy (non-hydrogen) atoms. The van der Waals surface area contributed by atoms with Crippen molar-refractivity contribution in [2.45, 2.75) is 6.92 Å². The summed E-state index contributed by atoms with van der Waals surface area (Å²) in [6.07, 6.45) is 0. The van der Waals surface area contributed by atoms with Crippen LogP contribution >= 0.6 is 0 Å². The van der Waals surface area contributed by atoms with E-state index < -0.39 is 5.91 Å². The van der Waals surface area contributed by atoms with E-state index in [1.165, 1.54) is 0 Å². The second kappa shape index (κ2) is 9.11. The summed E-state index contributed by atoms with van der Waals surface area (Å²) in [7, 11) is 0. The first-order chi connectivity index (χ1) is 15.4. The van der Waals surface area contributed by atoms with Gasteiger partial charge in [0, 0.05) is 46.8 Å². The Balaban J connectivity index is 1.62. The molecule has 1 fully saturated rings. The normalized spacial score (nSPS) is 13.6. The van der Waals surface area contributed by atoms with Crippen molar-refractivity contribution in [1.82, 2.24) is 0 Å². The quantitative estimate of drug-likeness (QED) is 0.537. The molecule has 164 valence electrons. The number of amides is 2. The van der Waals surface area contributed by atoms with Crippen LogP contribution in [0.1, 0.15) is 26.3 Å². The number of nitrogen functional groups attached to an aromatic ring is 1. The van der Waals surface area contributed by atoms with Gasteiger partial charge in [-0.15, -0.1) is 0 Å². The van der Waals surface area contributed by atoms with Gasteiger partial charge in [-0.2, -0.15) is 0 Å². The van der Waals surface area contributed by atoms with Gasteiger partial charge in [-0.05, 0) is 60.5 Å². The molecular formula is C25H26N4O3. The molecule has 7 nitrogen and oxygen atoms in total. The van der Waals surface area contributed by atoms with Gasteiger partial charge in [0.1, 0.15) is 0 Å². The molecule has 0 bridgehead atoms. The first-order valence-corrected chi connectivity index (χ1v) is 10.5. The number of aryl methyl sites for hydroxylation is 1. The maximum atomic E-state index is 13.0. The van der Waals surface area contributed by atoms with Crippen LogP contribution in [-0.2, 0) is 4.74 Å². The molecule has 1 aliphatic rings. The van der Waals surface area contributed by atoms with E-state index in [0.717, 1.165) is 29.9 Å². The fourth-order valence-electron chi connectivity index (χ4n) is 3.91. The van der Waals surface area contributed by atoms with Crippen molar-refractivity contribution in [3.63, 3.8) is 0 Å². The molecule has 0 unspecified atom stereocenters. The van der Waals surface area contributed by atoms with E-state index in [0.29, 0.717) is 41.3 Å². The maximum Gasteiger partial charge on any atom is 0.255 e. The van der Waals surface area contributed by atoms with E-state index in [2.05, 4.69) is 10.2 Å². The van der Waals surface area contributed by atoms with Gasteiger partial charge in [0.05, 0.1) is 13.2 Å². The lowest BCUT2D eigenvalue weighted by Crippen LogP contribution is -2.36. The second-order valence-corrected chi connectivity index (χ2v) is 7.77. The number of ether oxygens (including phenoxy) is 1. The Morgan fingerprint density at radius 2 is 1.75 bits per heavy atom. The zero-order chi connectivity index (χ0) is 22.7. The zero-order valence-corrected chi connectivity index (χ0v) is 17.9. The Labute approximate surface area is 187 Å². The number of primary amides is 1. The second-order valence-electron chi connectivity index (χ2n) is 7.77. The molecule has 0 saturated carbocycles. The van der Waals surface area contributed by atoms with Gasteiger partial charge >= 0.3 is 0 Å². The van der Waals surface area contributed by atoms with Gasteiger partial charge in [0.25, 0.3) is 5.91 Å². The molecule has 0 aliphatic carbocycles. The fourth-order valence-corrected chi connectivity index (χ4v) is 3.91. The molecular weight excluding hydrogens is 404 g/mol. The Hall–Kier alpha value is -3.84. The van der Waals surface area contributed by atoms with Crippen molar-refractivity contribution in [2.75, 3.05) is 42.3 Å². The molecule has 1 aliphatic heterocycles. The largest absolute Gasteiger partial charge is 0.398 e. The Morgan fingerprint density at radius 3 is 2.50 bits per heavy atom. The number of carbonyl (C=O) groups is 2. The number of anilines is 3. The van der Waals surface area contributed by atoms with Crippen LogP contribution in [0.2, 0.25) is 0 Å². The molecule has 7 heteroatoms. The van der Waals surface area contributed by atoms with Gasteiger partial charge in [-0.1, -0.05) is 18.2 Å². The van der Waals surface area contributed by atoms with Crippen LogP contribution in [0.4, 0.5) is 17.1 Å². The number of nitrogens with zero attached hydrogens (tertiary/aromatic N) is 1. The fraction of sp³-hybridized carbons (Fsp3) is 0.200. The Kier molecular flexibility index (Phi) is 6.09. The van der Waals surface area contributed by atoms with Crippen LogP contribution in [0.3, 0.4) is 0 Å². The van der Waals surface area contributed by atoms with Crippen molar-refractivity contribution < 1.29 is 14.3 Å². The van der Waals surface area contributed by atoms with Crippen molar-refractivity contribution in [2.24, 2.45) is 5.73 Å². The van der Waals surface area contributed by atoms with E-state index in [9.17, 15) is 9.59 Å². The lowest BCUT2D eigenvalue weighted by atomic mass is 9.93. The molecule has 0 atom stereocenters. The van der Waals surface area contributed by atoms with Gasteiger partial charge < -0.3 is 26.4 Å². The summed E-state index contributed by atoms with van der Waals surface area (Å²) in [5, 5.41) is 2.95. The minimum Gasteiger partial charge on any atom is -0.398 e. The average molecular weight is 431 g/mol. The third-order valence-electron chi connectivity index (χ3n) is 5.61. The van der Waals surface area contributed by atoms with Gasteiger partial charge in [0.2, 0.25) is 5.91 Å². The van der Waals surface area contributed by atoms with Gasteiger partial charge in [0.15, 0.2) is 0 Å². The number of hydrogen-bond donors (Lipinski definition) is 3. The maximum absolute atomic E-state index is 13.0. The van der Waals surface area contributed by atoms with Crippen LogP contribution in [-0.4, -0.2) is 38.1 Å². The van der Waals surface area contributed by atoms with Crippen LogP contribution in [0, 0.1) is 6.92 Å². The molecule has 1 heterocycles. The number of nitrogens with two attached hydrogens (primary N) is 2. The van der Waals surface area contributed by atoms with E-state index in [4.69, 9.17) is 16.2 Å². The highest BCUT2D eigenvalue weighted by atomic mass is 16.5. The highest BCUT2D eigenvalue weighted by Gasteiger charge is 2.17. The van der Waals surface area contributed by atoms with Crippen molar-refractivity contribution in [1.29, 1.82) is 0 Å². The number of nitrogens with one attached hydrogen (secondary N) is 1. The highest BCUT2D eigenvalue weighted by molar-refractivity contribution is 6.06. The van der Waals surface area contributed by atoms with E-state index >= 15 is 0 Å². The molecule has 5 N–H and O–H groups in total. The summed E-state index contributed by atoms with van der Waals surface area (Å²) in [5.74, 6) is -0.771.